The van der Waals surface area contributed by atoms with Crippen molar-refractivity contribution in [1.82, 2.24) is 0 Å². The van der Waals surface area contributed by atoms with E-state index in [1.807, 2.05) is 13.0 Å². The van der Waals surface area contributed by atoms with Gasteiger partial charge in [0, 0.05) is 12.2 Å². The second-order valence-corrected chi connectivity index (χ2v) is 7.23. The SMILES string of the molecule is CCOCc1ccc(C2CCC(COc3ccc(O)c(F)c3F)CC2)cc1F. The molecule has 28 heavy (non-hydrogen) atoms. The van der Waals surface area contributed by atoms with Crippen molar-refractivity contribution in [2.24, 2.45) is 5.92 Å². The molecule has 0 aliphatic heterocycles. The molecule has 1 aliphatic carbocycles. The average molecular weight is 394 g/mol. The normalized spacial score (nSPS) is 19.6. The zero-order valence-corrected chi connectivity index (χ0v) is 15.9. The fourth-order valence-electron chi connectivity index (χ4n) is 3.65. The molecule has 0 spiro atoms. The van der Waals surface area contributed by atoms with Crippen LogP contribution in [0.15, 0.2) is 30.3 Å². The summed E-state index contributed by atoms with van der Waals surface area (Å²) in [6, 6.07) is 7.66. The summed E-state index contributed by atoms with van der Waals surface area (Å²) in [5.74, 6) is -3.10. The number of benzene rings is 2. The Bertz CT molecular complexity index is 802. The highest BCUT2D eigenvalue weighted by Crippen LogP contribution is 2.37. The third-order valence-corrected chi connectivity index (χ3v) is 5.36. The Labute approximate surface area is 163 Å². The van der Waals surface area contributed by atoms with E-state index in [1.54, 1.807) is 12.1 Å². The van der Waals surface area contributed by atoms with Gasteiger partial charge < -0.3 is 14.6 Å². The summed E-state index contributed by atoms with van der Waals surface area (Å²) < 4.78 is 52.0. The first kappa shape index (κ1) is 20.5. The molecule has 0 bridgehead atoms. The van der Waals surface area contributed by atoms with E-state index in [0.717, 1.165) is 37.3 Å². The number of phenols is 1. The molecule has 0 radical (unpaired) electrons. The Morgan fingerprint density at radius 2 is 1.75 bits per heavy atom. The van der Waals surface area contributed by atoms with Gasteiger partial charge in [0.2, 0.25) is 11.6 Å². The lowest BCUT2D eigenvalue weighted by atomic mass is 9.79. The smallest absolute Gasteiger partial charge is 0.204 e. The van der Waals surface area contributed by atoms with Crippen LogP contribution in [0.4, 0.5) is 13.2 Å². The van der Waals surface area contributed by atoms with Gasteiger partial charge in [-0.1, -0.05) is 12.1 Å². The number of halogens is 3. The fraction of sp³-hybridized carbons (Fsp3) is 0.455. The molecule has 0 amide bonds. The van der Waals surface area contributed by atoms with Crippen LogP contribution >= 0.6 is 0 Å². The van der Waals surface area contributed by atoms with Gasteiger partial charge in [-0.3, -0.25) is 0 Å². The van der Waals surface area contributed by atoms with Crippen molar-refractivity contribution in [2.75, 3.05) is 13.2 Å². The molecule has 3 nitrogen and oxygen atoms in total. The minimum atomic E-state index is -1.30. The van der Waals surface area contributed by atoms with Crippen LogP contribution in [0.2, 0.25) is 0 Å². The largest absolute Gasteiger partial charge is 0.505 e. The van der Waals surface area contributed by atoms with Gasteiger partial charge in [-0.25, -0.2) is 4.39 Å². The summed E-state index contributed by atoms with van der Waals surface area (Å²) >= 11 is 0. The van der Waals surface area contributed by atoms with E-state index in [2.05, 4.69) is 0 Å². The zero-order chi connectivity index (χ0) is 20.1. The molecule has 1 fully saturated rings. The summed E-state index contributed by atoms with van der Waals surface area (Å²) in [6.45, 7) is 2.99. The van der Waals surface area contributed by atoms with Crippen LogP contribution in [0.5, 0.6) is 11.5 Å². The molecule has 0 heterocycles. The Balaban J connectivity index is 1.52. The van der Waals surface area contributed by atoms with Gasteiger partial charge in [0.05, 0.1) is 13.2 Å². The van der Waals surface area contributed by atoms with E-state index in [-0.39, 0.29) is 36.6 Å². The van der Waals surface area contributed by atoms with Crippen LogP contribution in [-0.4, -0.2) is 18.3 Å². The molecule has 1 aliphatic rings. The number of hydrogen-bond donors (Lipinski definition) is 1. The monoisotopic (exact) mass is 394 g/mol. The van der Waals surface area contributed by atoms with Crippen LogP contribution in [0.1, 0.15) is 49.7 Å². The van der Waals surface area contributed by atoms with E-state index >= 15 is 0 Å². The maximum Gasteiger partial charge on any atom is 0.204 e. The van der Waals surface area contributed by atoms with Crippen molar-refractivity contribution >= 4 is 0 Å². The van der Waals surface area contributed by atoms with Gasteiger partial charge in [-0.15, -0.1) is 0 Å². The molecule has 0 unspecified atom stereocenters. The van der Waals surface area contributed by atoms with Gasteiger partial charge in [-0.2, -0.15) is 8.78 Å². The highest BCUT2D eigenvalue weighted by atomic mass is 19.2. The van der Waals surface area contributed by atoms with E-state index in [0.29, 0.717) is 12.2 Å². The Hall–Kier alpha value is -2.21. The molecule has 0 aromatic heterocycles. The summed E-state index contributed by atoms with van der Waals surface area (Å²) in [6.07, 6.45) is 3.53. The van der Waals surface area contributed by atoms with Crippen LogP contribution in [-0.2, 0) is 11.3 Å². The number of phenolic OH excluding ortho intramolecular Hbond substituents is 1. The highest BCUT2D eigenvalue weighted by Gasteiger charge is 2.24. The molecular weight excluding hydrogens is 369 g/mol. The van der Waals surface area contributed by atoms with Gasteiger partial charge in [0.1, 0.15) is 5.82 Å². The van der Waals surface area contributed by atoms with Crippen molar-refractivity contribution in [2.45, 2.75) is 45.1 Å². The minimum absolute atomic E-state index is 0.190. The predicted molar refractivity (Wildman–Crippen MR) is 99.9 cm³/mol. The van der Waals surface area contributed by atoms with Crippen LogP contribution in [0.3, 0.4) is 0 Å². The lowest BCUT2D eigenvalue weighted by molar-refractivity contribution is 0.131. The van der Waals surface area contributed by atoms with Crippen molar-refractivity contribution in [3.63, 3.8) is 0 Å². The molecule has 1 N–H and O–H groups in total. The lowest BCUT2D eigenvalue weighted by Crippen LogP contribution is -2.19. The first-order valence-electron chi connectivity index (χ1n) is 9.65. The predicted octanol–water partition coefficient (Wildman–Crippen LogP) is 5.70. The molecule has 6 heteroatoms. The van der Waals surface area contributed by atoms with Crippen molar-refractivity contribution < 1.29 is 27.8 Å². The summed E-state index contributed by atoms with van der Waals surface area (Å²) in [7, 11) is 0. The van der Waals surface area contributed by atoms with Crippen LogP contribution in [0, 0.1) is 23.4 Å². The standard InChI is InChI=1S/C22H25F3O3/c1-2-27-13-17-8-7-16(11-18(17)23)15-5-3-14(4-6-15)12-28-20-10-9-19(26)21(24)22(20)25/h7-11,14-15,26H,2-6,12-13H2,1H3. The maximum absolute atomic E-state index is 14.2. The van der Waals surface area contributed by atoms with Crippen LogP contribution in [0.25, 0.3) is 0 Å². The van der Waals surface area contributed by atoms with Crippen LogP contribution < -0.4 is 4.74 Å². The maximum atomic E-state index is 14.2. The van der Waals surface area contributed by atoms with Gasteiger partial charge in [-0.05, 0) is 68.2 Å². The Morgan fingerprint density at radius 3 is 2.43 bits per heavy atom. The van der Waals surface area contributed by atoms with Crippen molar-refractivity contribution in [3.05, 3.63) is 58.9 Å². The number of hydrogen-bond acceptors (Lipinski definition) is 3. The van der Waals surface area contributed by atoms with Crippen molar-refractivity contribution in [3.8, 4) is 11.5 Å². The Kier molecular flexibility index (Phi) is 6.83. The van der Waals surface area contributed by atoms with Gasteiger partial charge in [0.25, 0.3) is 0 Å². The second-order valence-electron chi connectivity index (χ2n) is 7.23. The van der Waals surface area contributed by atoms with Gasteiger partial charge >= 0.3 is 0 Å². The highest BCUT2D eigenvalue weighted by molar-refractivity contribution is 5.34. The molecule has 3 rings (SSSR count). The molecule has 2 aromatic rings. The second kappa shape index (κ2) is 9.32. The van der Waals surface area contributed by atoms with E-state index in [9.17, 15) is 13.2 Å². The van der Waals surface area contributed by atoms with E-state index in [4.69, 9.17) is 14.6 Å². The summed E-state index contributed by atoms with van der Waals surface area (Å²) in [5.41, 5.74) is 1.56. The third-order valence-electron chi connectivity index (χ3n) is 5.36. The first-order chi connectivity index (χ1) is 13.5. The number of rotatable bonds is 7. The fourth-order valence-corrected chi connectivity index (χ4v) is 3.65. The number of aromatic hydroxyl groups is 1. The molecule has 0 atom stereocenters. The van der Waals surface area contributed by atoms with Gasteiger partial charge in [0.15, 0.2) is 11.5 Å². The third kappa shape index (κ3) is 4.79. The topological polar surface area (TPSA) is 38.7 Å². The first-order valence-corrected chi connectivity index (χ1v) is 9.65. The molecular formula is C22H25F3O3. The average Bonchev–Trinajstić information content (AvgIpc) is 2.71. The summed E-state index contributed by atoms with van der Waals surface area (Å²) in [4.78, 5) is 0. The van der Waals surface area contributed by atoms with E-state index < -0.39 is 17.4 Å². The minimum Gasteiger partial charge on any atom is -0.505 e. The number of ether oxygens (including phenoxy) is 2. The lowest BCUT2D eigenvalue weighted by Gasteiger charge is -2.29. The molecule has 1 saturated carbocycles. The molecule has 152 valence electrons. The zero-order valence-electron chi connectivity index (χ0n) is 15.9. The van der Waals surface area contributed by atoms with Crippen molar-refractivity contribution in [1.29, 1.82) is 0 Å². The molecule has 2 aromatic carbocycles. The molecule has 0 saturated heterocycles. The van der Waals surface area contributed by atoms with E-state index in [1.165, 1.54) is 6.07 Å². The summed E-state index contributed by atoms with van der Waals surface area (Å²) in [5, 5.41) is 9.15. The quantitative estimate of drug-likeness (QED) is 0.655. The Morgan fingerprint density at radius 1 is 1.00 bits per heavy atom.